The predicted molar refractivity (Wildman–Crippen MR) is 68.1 cm³/mol. The van der Waals surface area contributed by atoms with E-state index in [1.54, 1.807) is 0 Å². The zero-order valence-electron chi connectivity index (χ0n) is 9.39. The standard InChI is InChI=1S/C13H18BrN/c1-13(2,15)8-10-4-3-9-5-6-11(14)7-12(9)10/h5-7,10H,3-4,8,15H2,1-2H3. The van der Waals surface area contributed by atoms with Gasteiger partial charge >= 0.3 is 0 Å². The average Bonchev–Trinajstić information content (AvgIpc) is 2.46. The van der Waals surface area contributed by atoms with Crippen LogP contribution in [0.2, 0.25) is 0 Å². The number of rotatable bonds is 2. The molecule has 2 rings (SSSR count). The van der Waals surface area contributed by atoms with Gasteiger partial charge < -0.3 is 5.73 Å². The highest BCUT2D eigenvalue weighted by Crippen LogP contribution is 2.38. The summed E-state index contributed by atoms with van der Waals surface area (Å²) in [6, 6.07) is 6.64. The van der Waals surface area contributed by atoms with Crippen molar-refractivity contribution in [2.75, 3.05) is 0 Å². The lowest BCUT2D eigenvalue weighted by Gasteiger charge is -2.23. The molecule has 1 unspecified atom stereocenters. The summed E-state index contributed by atoms with van der Waals surface area (Å²) in [6.07, 6.45) is 3.55. The Morgan fingerprint density at radius 2 is 2.20 bits per heavy atom. The van der Waals surface area contributed by atoms with E-state index in [1.807, 2.05) is 0 Å². The van der Waals surface area contributed by atoms with Gasteiger partial charge in [-0.25, -0.2) is 0 Å². The van der Waals surface area contributed by atoms with E-state index in [9.17, 15) is 0 Å². The van der Waals surface area contributed by atoms with Gasteiger partial charge in [0.1, 0.15) is 0 Å². The van der Waals surface area contributed by atoms with E-state index in [0.29, 0.717) is 5.92 Å². The Kier molecular flexibility index (Phi) is 2.91. The molecule has 2 heteroatoms. The van der Waals surface area contributed by atoms with Crippen molar-refractivity contribution in [1.82, 2.24) is 0 Å². The van der Waals surface area contributed by atoms with E-state index in [2.05, 4.69) is 48.0 Å². The molecule has 0 amide bonds. The highest BCUT2D eigenvalue weighted by molar-refractivity contribution is 9.10. The Labute approximate surface area is 100 Å². The number of fused-ring (bicyclic) bond motifs is 1. The van der Waals surface area contributed by atoms with Gasteiger partial charge in [0.15, 0.2) is 0 Å². The summed E-state index contributed by atoms with van der Waals surface area (Å²) in [7, 11) is 0. The fourth-order valence-electron chi connectivity index (χ4n) is 2.51. The molecule has 1 aliphatic carbocycles. The van der Waals surface area contributed by atoms with Crippen LogP contribution >= 0.6 is 15.9 Å². The summed E-state index contributed by atoms with van der Waals surface area (Å²) < 4.78 is 1.18. The molecule has 82 valence electrons. The first-order valence-electron chi connectivity index (χ1n) is 5.53. The second kappa shape index (κ2) is 3.91. The molecule has 1 aromatic carbocycles. The maximum Gasteiger partial charge on any atom is 0.0178 e. The Bertz CT molecular complexity index is 365. The molecular formula is C13H18BrN. The summed E-state index contributed by atoms with van der Waals surface area (Å²) >= 11 is 3.54. The van der Waals surface area contributed by atoms with Crippen molar-refractivity contribution >= 4 is 15.9 Å². The van der Waals surface area contributed by atoms with Crippen molar-refractivity contribution in [3.63, 3.8) is 0 Å². The van der Waals surface area contributed by atoms with Crippen LogP contribution in [0.5, 0.6) is 0 Å². The molecule has 1 nitrogen and oxygen atoms in total. The molecule has 2 N–H and O–H groups in total. The van der Waals surface area contributed by atoms with Crippen LogP contribution in [0.15, 0.2) is 22.7 Å². The van der Waals surface area contributed by atoms with Crippen LogP contribution in [0.25, 0.3) is 0 Å². The molecule has 1 aliphatic rings. The molecule has 0 heterocycles. The SMILES string of the molecule is CC(C)(N)CC1CCc2ccc(Br)cc21. The molecule has 0 radical (unpaired) electrons. The quantitative estimate of drug-likeness (QED) is 0.871. The summed E-state index contributed by atoms with van der Waals surface area (Å²) in [5.74, 6) is 0.650. The second-order valence-corrected chi connectivity index (χ2v) is 6.19. The molecule has 0 saturated carbocycles. The summed E-state index contributed by atoms with van der Waals surface area (Å²) in [5, 5.41) is 0. The van der Waals surface area contributed by atoms with Crippen LogP contribution in [-0.4, -0.2) is 5.54 Å². The smallest absolute Gasteiger partial charge is 0.0178 e. The molecule has 0 saturated heterocycles. The summed E-state index contributed by atoms with van der Waals surface area (Å²) in [5.41, 5.74) is 9.05. The maximum absolute atomic E-state index is 6.10. The molecule has 1 aromatic rings. The van der Waals surface area contributed by atoms with E-state index < -0.39 is 0 Å². The van der Waals surface area contributed by atoms with Crippen LogP contribution < -0.4 is 5.73 Å². The average molecular weight is 268 g/mol. The molecule has 0 spiro atoms. The Morgan fingerprint density at radius 3 is 2.87 bits per heavy atom. The van der Waals surface area contributed by atoms with Crippen molar-refractivity contribution < 1.29 is 0 Å². The fraction of sp³-hybridized carbons (Fsp3) is 0.538. The minimum atomic E-state index is -0.0609. The Hall–Kier alpha value is -0.340. The molecule has 0 fully saturated rings. The van der Waals surface area contributed by atoms with E-state index in [1.165, 1.54) is 28.4 Å². The maximum atomic E-state index is 6.10. The first kappa shape index (κ1) is 11.2. The number of hydrogen-bond donors (Lipinski definition) is 1. The Balaban J connectivity index is 2.24. The lowest BCUT2D eigenvalue weighted by molar-refractivity contribution is 0.422. The second-order valence-electron chi connectivity index (χ2n) is 5.27. The first-order chi connectivity index (χ1) is 6.96. The molecule has 1 atom stereocenters. The van der Waals surface area contributed by atoms with Gasteiger partial charge in [0.25, 0.3) is 0 Å². The topological polar surface area (TPSA) is 26.0 Å². The lowest BCUT2D eigenvalue weighted by atomic mass is 9.88. The van der Waals surface area contributed by atoms with Gasteiger partial charge in [-0.05, 0) is 62.3 Å². The van der Waals surface area contributed by atoms with Gasteiger partial charge in [-0.2, -0.15) is 0 Å². The van der Waals surface area contributed by atoms with Crippen molar-refractivity contribution in [2.45, 2.75) is 44.6 Å². The molecular weight excluding hydrogens is 250 g/mol. The predicted octanol–water partition coefficient (Wildman–Crippen LogP) is 3.61. The van der Waals surface area contributed by atoms with Crippen molar-refractivity contribution in [3.05, 3.63) is 33.8 Å². The minimum Gasteiger partial charge on any atom is -0.326 e. The molecule has 0 aromatic heterocycles. The van der Waals surface area contributed by atoms with E-state index in [4.69, 9.17) is 5.73 Å². The third kappa shape index (κ3) is 2.61. The van der Waals surface area contributed by atoms with Crippen LogP contribution in [0.1, 0.15) is 43.7 Å². The third-order valence-corrected chi connectivity index (χ3v) is 3.58. The summed E-state index contributed by atoms with van der Waals surface area (Å²) in [6.45, 7) is 4.23. The van der Waals surface area contributed by atoms with Gasteiger partial charge in [-0.3, -0.25) is 0 Å². The molecule has 15 heavy (non-hydrogen) atoms. The van der Waals surface area contributed by atoms with Gasteiger partial charge in [-0.1, -0.05) is 22.0 Å². The number of benzene rings is 1. The monoisotopic (exact) mass is 267 g/mol. The summed E-state index contributed by atoms with van der Waals surface area (Å²) in [4.78, 5) is 0. The lowest BCUT2D eigenvalue weighted by Crippen LogP contribution is -2.33. The van der Waals surface area contributed by atoms with Gasteiger partial charge in [-0.15, -0.1) is 0 Å². The Morgan fingerprint density at radius 1 is 1.47 bits per heavy atom. The normalized spacial score (nSPS) is 20.4. The van der Waals surface area contributed by atoms with Crippen molar-refractivity contribution in [2.24, 2.45) is 5.73 Å². The van der Waals surface area contributed by atoms with Gasteiger partial charge in [0, 0.05) is 10.0 Å². The molecule has 0 aliphatic heterocycles. The highest BCUT2D eigenvalue weighted by atomic mass is 79.9. The number of nitrogens with two attached hydrogens (primary N) is 1. The van der Waals surface area contributed by atoms with E-state index in [-0.39, 0.29) is 5.54 Å². The van der Waals surface area contributed by atoms with Crippen LogP contribution in [0.3, 0.4) is 0 Å². The zero-order chi connectivity index (χ0) is 11.1. The van der Waals surface area contributed by atoms with Crippen molar-refractivity contribution in [1.29, 1.82) is 0 Å². The van der Waals surface area contributed by atoms with Crippen molar-refractivity contribution in [3.8, 4) is 0 Å². The van der Waals surface area contributed by atoms with Crippen LogP contribution in [0, 0.1) is 0 Å². The number of hydrogen-bond acceptors (Lipinski definition) is 1. The van der Waals surface area contributed by atoms with E-state index in [0.717, 1.165) is 6.42 Å². The first-order valence-corrected chi connectivity index (χ1v) is 6.32. The third-order valence-electron chi connectivity index (χ3n) is 3.08. The van der Waals surface area contributed by atoms with E-state index >= 15 is 0 Å². The van der Waals surface area contributed by atoms with Crippen LogP contribution in [0.4, 0.5) is 0 Å². The highest BCUT2D eigenvalue weighted by Gasteiger charge is 2.26. The zero-order valence-corrected chi connectivity index (χ0v) is 11.0. The number of halogens is 1. The largest absolute Gasteiger partial charge is 0.326 e. The minimum absolute atomic E-state index is 0.0609. The number of aryl methyl sites for hydroxylation is 1. The van der Waals surface area contributed by atoms with Gasteiger partial charge in [0.05, 0.1) is 0 Å². The molecule has 0 bridgehead atoms. The van der Waals surface area contributed by atoms with Crippen LogP contribution in [-0.2, 0) is 6.42 Å². The van der Waals surface area contributed by atoms with Gasteiger partial charge in [0.2, 0.25) is 0 Å². The fourth-order valence-corrected chi connectivity index (χ4v) is 2.88.